The third-order valence-electron chi connectivity index (χ3n) is 4.82. The molecule has 2 bridgehead atoms. The minimum atomic E-state index is -0.494. The molecule has 3 aliphatic rings. The van der Waals surface area contributed by atoms with E-state index in [9.17, 15) is 9.18 Å². The molecule has 3 aliphatic heterocycles. The summed E-state index contributed by atoms with van der Waals surface area (Å²) in [7, 11) is 0. The maximum absolute atomic E-state index is 13.3. The highest BCUT2D eigenvalue weighted by atomic mass is 19.1. The zero-order valence-electron chi connectivity index (χ0n) is 12.7. The summed E-state index contributed by atoms with van der Waals surface area (Å²) >= 11 is 0. The average Bonchev–Trinajstić information content (AvgIpc) is 2.55. The molecule has 6 heteroatoms. The van der Waals surface area contributed by atoms with Crippen LogP contribution < -0.4 is 10.1 Å². The third kappa shape index (κ3) is 2.99. The van der Waals surface area contributed by atoms with Gasteiger partial charge in [0.25, 0.3) is 0 Å². The Kier molecular flexibility index (Phi) is 3.61. The number of benzene rings is 1. The fourth-order valence-electron chi connectivity index (χ4n) is 3.55. The largest absolute Gasteiger partial charge is 0.414 e. The number of ether oxygens (including phenoxy) is 1. The number of amides is 1. The normalized spacial score (nSPS) is 26.2. The fourth-order valence-corrected chi connectivity index (χ4v) is 3.55. The van der Waals surface area contributed by atoms with Crippen LogP contribution in [-0.2, 0) is 0 Å². The molecular weight excluding hydrogens is 297 g/mol. The predicted molar refractivity (Wildman–Crippen MR) is 83.8 cm³/mol. The van der Waals surface area contributed by atoms with E-state index in [0.717, 1.165) is 37.9 Å². The summed E-state index contributed by atoms with van der Waals surface area (Å²) in [5, 5.41) is 4.40. The molecule has 2 aromatic rings. The van der Waals surface area contributed by atoms with Crippen LogP contribution in [0.15, 0.2) is 30.5 Å². The lowest BCUT2D eigenvalue weighted by Gasteiger charge is -2.44. The van der Waals surface area contributed by atoms with Gasteiger partial charge in [-0.15, -0.1) is 0 Å². The number of aromatic nitrogens is 1. The smallest absolute Gasteiger partial charge is 0.391 e. The Balaban J connectivity index is 1.44. The number of rotatable bonds is 2. The van der Waals surface area contributed by atoms with Gasteiger partial charge in [-0.1, -0.05) is 0 Å². The first-order chi connectivity index (χ1) is 11.2. The molecule has 120 valence electrons. The Hall–Kier alpha value is -2.21. The molecule has 1 aromatic heterocycles. The SMILES string of the molecule is O=C(N[C@H]1CN2CCC1CC2)Oc1cc2cc(F)ccc2cn1. The molecule has 0 radical (unpaired) electrons. The first kappa shape index (κ1) is 14.4. The quantitative estimate of drug-likeness (QED) is 0.925. The molecule has 1 amide bonds. The molecule has 5 rings (SSSR count). The molecule has 23 heavy (non-hydrogen) atoms. The van der Waals surface area contributed by atoms with E-state index in [1.807, 2.05) is 0 Å². The summed E-state index contributed by atoms with van der Waals surface area (Å²) in [6.07, 6.45) is 3.33. The minimum Gasteiger partial charge on any atom is -0.391 e. The van der Waals surface area contributed by atoms with Gasteiger partial charge in [0.05, 0.1) is 0 Å². The molecule has 3 fully saturated rings. The maximum atomic E-state index is 13.3. The molecule has 3 saturated heterocycles. The van der Waals surface area contributed by atoms with Crippen molar-refractivity contribution in [2.75, 3.05) is 19.6 Å². The second-order valence-electron chi connectivity index (χ2n) is 6.29. The van der Waals surface area contributed by atoms with Crippen LogP contribution >= 0.6 is 0 Å². The highest BCUT2D eigenvalue weighted by molar-refractivity contribution is 5.83. The highest BCUT2D eigenvalue weighted by Crippen LogP contribution is 2.27. The van der Waals surface area contributed by atoms with E-state index in [0.29, 0.717) is 11.3 Å². The molecule has 0 saturated carbocycles. The summed E-state index contributed by atoms with van der Waals surface area (Å²) in [6.45, 7) is 3.13. The van der Waals surface area contributed by atoms with Gasteiger partial charge in [-0.2, -0.15) is 0 Å². The average molecular weight is 315 g/mol. The van der Waals surface area contributed by atoms with Gasteiger partial charge < -0.3 is 15.0 Å². The number of carbonyl (C=O) groups is 1. The summed E-state index contributed by atoms with van der Waals surface area (Å²) in [4.78, 5) is 18.6. The van der Waals surface area contributed by atoms with Gasteiger partial charge in [0.2, 0.25) is 5.88 Å². The molecule has 0 aliphatic carbocycles. The van der Waals surface area contributed by atoms with Gasteiger partial charge in [0, 0.05) is 30.2 Å². The predicted octanol–water partition coefficient (Wildman–Crippen LogP) is 2.56. The Morgan fingerprint density at radius 1 is 1.26 bits per heavy atom. The number of carbonyl (C=O) groups excluding carboxylic acids is 1. The third-order valence-corrected chi connectivity index (χ3v) is 4.82. The summed E-state index contributed by atoms with van der Waals surface area (Å²) in [5.74, 6) is 0.388. The van der Waals surface area contributed by atoms with Crippen molar-refractivity contribution in [2.45, 2.75) is 18.9 Å². The van der Waals surface area contributed by atoms with Crippen molar-refractivity contribution in [1.82, 2.24) is 15.2 Å². The zero-order chi connectivity index (χ0) is 15.8. The number of nitrogens with one attached hydrogen (secondary N) is 1. The van der Waals surface area contributed by atoms with E-state index >= 15 is 0 Å². The van der Waals surface area contributed by atoms with Crippen LogP contribution in [0.2, 0.25) is 0 Å². The van der Waals surface area contributed by atoms with Gasteiger partial charge >= 0.3 is 6.09 Å². The Labute approximate surface area is 133 Å². The second kappa shape index (κ2) is 5.77. The molecule has 0 unspecified atom stereocenters. The van der Waals surface area contributed by atoms with E-state index in [2.05, 4.69) is 15.2 Å². The zero-order valence-corrected chi connectivity index (χ0v) is 12.7. The van der Waals surface area contributed by atoms with Crippen molar-refractivity contribution in [3.05, 3.63) is 36.3 Å². The monoisotopic (exact) mass is 315 g/mol. The molecule has 4 heterocycles. The number of hydrogen-bond donors (Lipinski definition) is 1. The number of hydrogen-bond acceptors (Lipinski definition) is 4. The maximum Gasteiger partial charge on any atom is 0.414 e. The number of halogens is 1. The van der Waals surface area contributed by atoms with Gasteiger partial charge in [-0.3, -0.25) is 0 Å². The van der Waals surface area contributed by atoms with E-state index < -0.39 is 6.09 Å². The van der Waals surface area contributed by atoms with Gasteiger partial charge in [0.1, 0.15) is 5.82 Å². The minimum absolute atomic E-state index is 0.142. The topological polar surface area (TPSA) is 54.5 Å². The van der Waals surface area contributed by atoms with E-state index in [1.54, 1.807) is 18.3 Å². The summed E-state index contributed by atoms with van der Waals surface area (Å²) in [6, 6.07) is 6.14. The first-order valence-electron chi connectivity index (χ1n) is 7.93. The van der Waals surface area contributed by atoms with Gasteiger partial charge in [-0.05, 0) is 55.4 Å². The number of pyridine rings is 1. The van der Waals surface area contributed by atoms with Crippen molar-refractivity contribution < 1.29 is 13.9 Å². The summed E-state index contributed by atoms with van der Waals surface area (Å²) in [5.41, 5.74) is 0. The molecule has 0 spiro atoms. The molecule has 1 aromatic carbocycles. The van der Waals surface area contributed by atoms with Crippen LogP contribution in [0.4, 0.5) is 9.18 Å². The molecule has 1 N–H and O–H groups in total. The van der Waals surface area contributed by atoms with E-state index in [4.69, 9.17) is 4.74 Å². The van der Waals surface area contributed by atoms with Crippen LogP contribution in [0, 0.1) is 11.7 Å². The second-order valence-corrected chi connectivity index (χ2v) is 6.29. The van der Waals surface area contributed by atoms with Gasteiger partial charge in [0.15, 0.2) is 0 Å². The lowest BCUT2D eigenvalue weighted by atomic mass is 9.84. The van der Waals surface area contributed by atoms with Crippen molar-refractivity contribution in [3.8, 4) is 5.88 Å². The lowest BCUT2D eigenvalue weighted by molar-refractivity contribution is 0.0723. The van der Waals surface area contributed by atoms with Crippen LogP contribution in [0.25, 0.3) is 10.8 Å². The molecular formula is C17H18FN3O2. The van der Waals surface area contributed by atoms with Crippen LogP contribution in [0.3, 0.4) is 0 Å². The summed E-state index contributed by atoms with van der Waals surface area (Å²) < 4.78 is 18.6. The van der Waals surface area contributed by atoms with Crippen LogP contribution in [-0.4, -0.2) is 41.7 Å². The number of fused-ring (bicyclic) bond motifs is 4. The fraction of sp³-hybridized carbons (Fsp3) is 0.412. The van der Waals surface area contributed by atoms with Crippen molar-refractivity contribution in [2.24, 2.45) is 5.92 Å². The molecule has 1 atom stereocenters. The standard InChI is InChI=1S/C17H18FN3O2/c18-14-2-1-12-9-19-16(8-13(12)7-14)23-17(22)20-15-10-21-5-3-11(15)4-6-21/h1-2,7-9,11,15H,3-6,10H2,(H,20,22)/t15-/m0/s1. The Morgan fingerprint density at radius 2 is 2.09 bits per heavy atom. The van der Waals surface area contributed by atoms with Crippen LogP contribution in [0.5, 0.6) is 5.88 Å². The van der Waals surface area contributed by atoms with E-state index in [1.165, 1.54) is 12.1 Å². The number of nitrogens with zero attached hydrogens (tertiary/aromatic N) is 2. The van der Waals surface area contributed by atoms with Crippen molar-refractivity contribution in [1.29, 1.82) is 0 Å². The van der Waals surface area contributed by atoms with Gasteiger partial charge in [-0.25, -0.2) is 14.2 Å². The Morgan fingerprint density at radius 3 is 2.83 bits per heavy atom. The van der Waals surface area contributed by atoms with E-state index in [-0.39, 0.29) is 17.7 Å². The number of piperidine rings is 3. The lowest BCUT2D eigenvalue weighted by Crippen LogP contribution is -2.57. The van der Waals surface area contributed by atoms with Crippen molar-refractivity contribution in [3.63, 3.8) is 0 Å². The highest BCUT2D eigenvalue weighted by Gasteiger charge is 2.35. The molecule has 5 nitrogen and oxygen atoms in total. The Bertz CT molecular complexity index is 744. The van der Waals surface area contributed by atoms with Crippen LogP contribution in [0.1, 0.15) is 12.8 Å². The van der Waals surface area contributed by atoms with Crippen molar-refractivity contribution >= 4 is 16.9 Å². The first-order valence-corrected chi connectivity index (χ1v) is 7.93.